The van der Waals surface area contributed by atoms with E-state index in [9.17, 15) is 9.59 Å². The smallest absolute Gasteiger partial charge is 0.321 e. The van der Waals surface area contributed by atoms with Crippen molar-refractivity contribution in [2.75, 3.05) is 19.4 Å². The highest BCUT2D eigenvalue weighted by Gasteiger charge is 2.15. The number of nitrogens with one attached hydrogen (secondary N) is 1. The second-order valence-corrected chi connectivity index (χ2v) is 5.55. The average Bonchev–Trinajstić information content (AvgIpc) is 2.42. The Morgan fingerprint density at radius 3 is 2.67 bits per heavy atom. The van der Waals surface area contributed by atoms with Crippen molar-refractivity contribution in [3.05, 3.63) is 30.3 Å². The van der Waals surface area contributed by atoms with E-state index >= 15 is 0 Å². The number of esters is 1. The number of methoxy groups -OCH3 is 1. The van der Waals surface area contributed by atoms with Crippen molar-refractivity contribution in [2.24, 2.45) is 0 Å². The van der Waals surface area contributed by atoms with Gasteiger partial charge in [0.25, 0.3) is 0 Å². The van der Waals surface area contributed by atoms with E-state index in [1.54, 1.807) is 0 Å². The molecule has 0 aliphatic heterocycles. The molecule has 0 fully saturated rings. The Hall–Kier alpha value is -1.01. The maximum atomic E-state index is 11.5. The van der Waals surface area contributed by atoms with E-state index in [-0.39, 0.29) is 12.5 Å². The number of carbonyl (C=O) groups excluding carboxylic acids is 2. The lowest BCUT2D eigenvalue weighted by Crippen LogP contribution is -2.34. The van der Waals surface area contributed by atoms with Gasteiger partial charge in [-0.3, -0.25) is 9.59 Å². The molecule has 1 amide bonds. The van der Waals surface area contributed by atoms with Crippen LogP contribution in [0, 0.1) is 0 Å². The summed E-state index contributed by atoms with van der Waals surface area (Å²) in [5, 5.41) is 2.66. The predicted octanol–water partition coefficient (Wildman–Crippen LogP) is 1.83. The molecule has 0 saturated carbocycles. The van der Waals surface area contributed by atoms with Crippen LogP contribution in [0.2, 0.25) is 0 Å². The van der Waals surface area contributed by atoms with Gasteiger partial charge in [0.05, 0.1) is 12.9 Å². The van der Waals surface area contributed by atoms with Gasteiger partial charge in [0.1, 0.15) is 4.83 Å². The number of benzene rings is 1. The lowest BCUT2D eigenvalue weighted by Gasteiger charge is -2.09. The number of hydrogen-bond acceptors (Lipinski definition) is 4. The topological polar surface area (TPSA) is 55.4 Å². The first-order chi connectivity index (χ1) is 8.63. The van der Waals surface area contributed by atoms with Crippen LogP contribution < -0.4 is 5.32 Å². The average molecular weight is 332 g/mol. The third kappa shape index (κ3) is 5.55. The minimum atomic E-state index is -0.506. The molecule has 98 valence electrons. The van der Waals surface area contributed by atoms with Crippen molar-refractivity contribution in [1.82, 2.24) is 5.32 Å². The van der Waals surface area contributed by atoms with Crippen molar-refractivity contribution >= 4 is 39.6 Å². The number of alkyl halides is 1. The molecular formula is C12H14BrNO3S. The molecule has 0 aromatic heterocycles. The lowest BCUT2D eigenvalue weighted by molar-refractivity contribution is -0.139. The van der Waals surface area contributed by atoms with Gasteiger partial charge < -0.3 is 10.1 Å². The van der Waals surface area contributed by atoms with Gasteiger partial charge in [0.2, 0.25) is 5.91 Å². The SMILES string of the molecule is COC(=O)C(Br)CNC(=O)CSc1ccccc1. The van der Waals surface area contributed by atoms with Crippen LogP contribution >= 0.6 is 27.7 Å². The van der Waals surface area contributed by atoms with Crippen molar-refractivity contribution < 1.29 is 14.3 Å². The van der Waals surface area contributed by atoms with Gasteiger partial charge >= 0.3 is 5.97 Å². The van der Waals surface area contributed by atoms with E-state index in [0.29, 0.717) is 5.75 Å². The molecule has 0 aliphatic carbocycles. The van der Waals surface area contributed by atoms with Crippen molar-refractivity contribution in [3.63, 3.8) is 0 Å². The first kappa shape index (κ1) is 15.0. The van der Waals surface area contributed by atoms with Crippen LogP contribution in [-0.2, 0) is 14.3 Å². The number of rotatable bonds is 6. The summed E-state index contributed by atoms with van der Waals surface area (Å²) < 4.78 is 4.53. The van der Waals surface area contributed by atoms with Gasteiger partial charge in [-0.2, -0.15) is 0 Å². The fourth-order valence-electron chi connectivity index (χ4n) is 1.13. The molecule has 0 aliphatic rings. The number of carbonyl (C=O) groups is 2. The molecule has 0 bridgehead atoms. The van der Waals surface area contributed by atoms with E-state index in [1.165, 1.54) is 18.9 Å². The first-order valence-corrected chi connectivity index (χ1v) is 7.20. The molecule has 1 unspecified atom stereocenters. The standard InChI is InChI=1S/C12H14BrNO3S/c1-17-12(16)10(13)7-14-11(15)8-18-9-5-3-2-4-6-9/h2-6,10H,7-8H2,1H3,(H,14,15). The molecule has 18 heavy (non-hydrogen) atoms. The van der Waals surface area contributed by atoms with Gasteiger partial charge in [-0.1, -0.05) is 34.1 Å². The Labute approximate surface area is 119 Å². The third-order valence-corrected chi connectivity index (χ3v) is 3.76. The number of amides is 1. The molecule has 1 aromatic carbocycles. The summed E-state index contributed by atoms with van der Waals surface area (Å²) in [5.41, 5.74) is 0. The van der Waals surface area contributed by atoms with Crippen LogP contribution in [0.15, 0.2) is 35.2 Å². The highest BCUT2D eigenvalue weighted by Crippen LogP contribution is 2.16. The lowest BCUT2D eigenvalue weighted by atomic mass is 10.4. The zero-order chi connectivity index (χ0) is 13.4. The molecule has 0 spiro atoms. The maximum Gasteiger partial charge on any atom is 0.321 e. The Balaban J connectivity index is 2.24. The van der Waals surface area contributed by atoms with Crippen LogP contribution in [0.4, 0.5) is 0 Å². The molecule has 1 N–H and O–H groups in total. The number of thioether (sulfide) groups is 1. The highest BCUT2D eigenvalue weighted by atomic mass is 79.9. The summed E-state index contributed by atoms with van der Waals surface area (Å²) in [6.45, 7) is 0.223. The summed E-state index contributed by atoms with van der Waals surface area (Å²) in [6.07, 6.45) is 0. The Bertz CT molecular complexity index is 400. The summed E-state index contributed by atoms with van der Waals surface area (Å²) >= 11 is 4.58. The summed E-state index contributed by atoms with van der Waals surface area (Å²) in [6, 6.07) is 9.66. The molecule has 4 nitrogen and oxygen atoms in total. The van der Waals surface area contributed by atoms with Gasteiger partial charge in [0, 0.05) is 11.4 Å². The summed E-state index contributed by atoms with van der Waals surface area (Å²) in [4.78, 5) is 23.1. The molecule has 1 atom stereocenters. The van der Waals surface area contributed by atoms with E-state index in [0.717, 1.165) is 4.90 Å². The maximum absolute atomic E-state index is 11.5. The fourth-order valence-corrected chi connectivity index (χ4v) is 2.23. The van der Waals surface area contributed by atoms with E-state index < -0.39 is 10.8 Å². The molecule has 1 aromatic rings. The first-order valence-electron chi connectivity index (χ1n) is 5.30. The van der Waals surface area contributed by atoms with Gasteiger partial charge in [-0.25, -0.2) is 0 Å². The van der Waals surface area contributed by atoms with Crippen molar-refractivity contribution in [1.29, 1.82) is 0 Å². The number of halogens is 1. The second kappa shape index (κ2) is 8.16. The molecule has 0 saturated heterocycles. The van der Waals surface area contributed by atoms with Crippen LogP contribution in [0.1, 0.15) is 0 Å². The summed E-state index contributed by atoms with van der Waals surface area (Å²) in [7, 11) is 1.31. The predicted molar refractivity (Wildman–Crippen MR) is 74.9 cm³/mol. The number of hydrogen-bond donors (Lipinski definition) is 1. The normalized spacial score (nSPS) is 11.7. The molecule has 0 radical (unpaired) electrons. The van der Waals surface area contributed by atoms with E-state index in [4.69, 9.17) is 0 Å². The Morgan fingerprint density at radius 1 is 1.39 bits per heavy atom. The molecule has 1 rings (SSSR count). The van der Waals surface area contributed by atoms with Crippen LogP contribution in [-0.4, -0.2) is 36.1 Å². The Morgan fingerprint density at radius 2 is 2.06 bits per heavy atom. The number of ether oxygens (including phenoxy) is 1. The van der Waals surface area contributed by atoms with Gasteiger partial charge in [-0.05, 0) is 12.1 Å². The highest BCUT2D eigenvalue weighted by molar-refractivity contribution is 9.10. The zero-order valence-electron chi connectivity index (χ0n) is 9.89. The molecule has 0 heterocycles. The van der Waals surface area contributed by atoms with Gasteiger partial charge in [-0.15, -0.1) is 11.8 Å². The van der Waals surface area contributed by atoms with Crippen LogP contribution in [0.5, 0.6) is 0 Å². The van der Waals surface area contributed by atoms with Crippen molar-refractivity contribution in [3.8, 4) is 0 Å². The monoisotopic (exact) mass is 331 g/mol. The van der Waals surface area contributed by atoms with E-state index in [2.05, 4.69) is 26.0 Å². The third-order valence-electron chi connectivity index (χ3n) is 2.05. The molecule has 6 heteroatoms. The zero-order valence-corrected chi connectivity index (χ0v) is 12.3. The minimum absolute atomic E-state index is 0.114. The van der Waals surface area contributed by atoms with Gasteiger partial charge in [0.15, 0.2) is 0 Å². The van der Waals surface area contributed by atoms with E-state index in [1.807, 2.05) is 30.3 Å². The summed E-state index contributed by atoms with van der Waals surface area (Å²) in [5.74, 6) is -0.187. The van der Waals surface area contributed by atoms with Crippen molar-refractivity contribution in [2.45, 2.75) is 9.72 Å². The fraction of sp³-hybridized carbons (Fsp3) is 0.333. The second-order valence-electron chi connectivity index (χ2n) is 3.40. The quantitative estimate of drug-likeness (QED) is 0.491. The van der Waals surface area contributed by atoms with Crippen LogP contribution in [0.25, 0.3) is 0 Å². The van der Waals surface area contributed by atoms with Crippen LogP contribution in [0.3, 0.4) is 0 Å². The molecular weight excluding hydrogens is 318 g/mol. The Kier molecular flexibility index (Phi) is 6.82. The largest absolute Gasteiger partial charge is 0.468 e. The minimum Gasteiger partial charge on any atom is -0.468 e.